The van der Waals surface area contributed by atoms with Crippen LogP contribution >= 0.6 is 0 Å². The van der Waals surface area contributed by atoms with Crippen LogP contribution in [0.15, 0.2) is 18.2 Å². The number of carbonyl (C=O) groups excluding carboxylic acids is 1. The minimum absolute atomic E-state index is 0.0881. The normalized spacial score (nSPS) is 18.7. The second kappa shape index (κ2) is 5.35. The molecular weight excluding hydrogens is 235 g/mol. The molecule has 1 amide bonds. The van der Waals surface area contributed by atoms with E-state index in [4.69, 9.17) is 4.74 Å². The highest BCUT2D eigenvalue weighted by atomic mass is 19.1. The number of rotatable bonds is 3. The third-order valence-electron chi connectivity index (χ3n) is 3.31. The summed E-state index contributed by atoms with van der Waals surface area (Å²) in [6.07, 6.45) is 0.903. The molecule has 1 aliphatic rings. The first-order valence-electron chi connectivity index (χ1n) is 5.95. The van der Waals surface area contributed by atoms with E-state index in [1.165, 1.54) is 19.2 Å². The smallest absolute Gasteiger partial charge is 0.256 e. The van der Waals surface area contributed by atoms with Gasteiger partial charge in [0.1, 0.15) is 11.6 Å². The molecule has 1 aromatic carbocycles. The molecule has 1 fully saturated rings. The van der Waals surface area contributed by atoms with Crippen molar-refractivity contribution in [2.75, 3.05) is 27.2 Å². The highest BCUT2D eigenvalue weighted by Gasteiger charge is 2.25. The van der Waals surface area contributed by atoms with E-state index in [2.05, 4.69) is 5.32 Å². The largest absolute Gasteiger partial charge is 0.497 e. The first-order valence-corrected chi connectivity index (χ1v) is 5.95. The Labute approximate surface area is 106 Å². The van der Waals surface area contributed by atoms with Crippen LogP contribution in [0.25, 0.3) is 0 Å². The van der Waals surface area contributed by atoms with Gasteiger partial charge in [0, 0.05) is 25.7 Å². The SMILES string of the molecule is COc1ccc(C(=O)N(C)C2CCNC2)c(F)c1. The molecule has 0 aromatic heterocycles. The Bertz CT molecular complexity index is 445. The maximum atomic E-state index is 13.8. The summed E-state index contributed by atoms with van der Waals surface area (Å²) in [4.78, 5) is 13.8. The lowest BCUT2D eigenvalue weighted by Crippen LogP contribution is -2.38. The number of halogens is 1. The van der Waals surface area contributed by atoms with E-state index in [1.54, 1.807) is 18.0 Å². The quantitative estimate of drug-likeness (QED) is 0.880. The molecule has 2 rings (SSSR count). The van der Waals surface area contributed by atoms with Gasteiger partial charge in [-0.1, -0.05) is 0 Å². The Morgan fingerprint density at radius 2 is 2.33 bits per heavy atom. The van der Waals surface area contributed by atoms with E-state index in [9.17, 15) is 9.18 Å². The summed E-state index contributed by atoms with van der Waals surface area (Å²) in [6.45, 7) is 1.66. The number of nitrogens with zero attached hydrogens (tertiary/aromatic N) is 1. The van der Waals surface area contributed by atoms with Gasteiger partial charge < -0.3 is 15.0 Å². The van der Waals surface area contributed by atoms with E-state index in [0.717, 1.165) is 19.5 Å². The van der Waals surface area contributed by atoms with Gasteiger partial charge in [-0.05, 0) is 25.1 Å². The molecule has 1 aromatic rings. The van der Waals surface area contributed by atoms with Crippen LogP contribution < -0.4 is 10.1 Å². The molecule has 0 aliphatic carbocycles. The van der Waals surface area contributed by atoms with Crippen LogP contribution in [0.4, 0.5) is 4.39 Å². The van der Waals surface area contributed by atoms with Crippen LogP contribution in [0, 0.1) is 5.82 Å². The number of benzene rings is 1. The molecule has 1 aliphatic heterocycles. The van der Waals surface area contributed by atoms with Gasteiger partial charge in [0.25, 0.3) is 5.91 Å². The summed E-state index contributed by atoms with van der Waals surface area (Å²) < 4.78 is 18.7. The van der Waals surface area contributed by atoms with Crippen LogP contribution in [0.2, 0.25) is 0 Å². The predicted molar refractivity (Wildman–Crippen MR) is 66.3 cm³/mol. The molecule has 0 spiro atoms. The lowest BCUT2D eigenvalue weighted by Gasteiger charge is -2.24. The van der Waals surface area contributed by atoms with Crippen LogP contribution in [-0.4, -0.2) is 44.1 Å². The molecular formula is C13H17FN2O2. The molecule has 98 valence electrons. The molecule has 1 atom stereocenters. The van der Waals surface area contributed by atoms with Gasteiger partial charge in [-0.2, -0.15) is 0 Å². The highest BCUT2D eigenvalue weighted by molar-refractivity contribution is 5.94. The predicted octanol–water partition coefficient (Wildman–Crippen LogP) is 1.27. The van der Waals surface area contributed by atoms with Gasteiger partial charge >= 0.3 is 0 Å². The number of amides is 1. The third-order valence-corrected chi connectivity index (χ3v) is 3.31. The summed E-state index contributed by atoms with van der Waals surface area (Å²) in [6, 6.07) is 4.43. The number of ether oxygens (including phenoxy) is 1. The Hall–Kier alpha value is -1.62. The summed E-state index contributed by atoms with van der Waals surface area (Å²) >= 11 is 0. The molecule has 1 saturated heterocycles. The van der Waals surface area contributed by atoms with Gasteiger partial charge in [-0.3, -0.25) is 4.79 Å². The Morgan fingerprint density at radius 1 is 1.56 bits per heavy atom. The number of nitrogens with one attached hydrogen (secondary N) is 1. The molecule has 1 N–H and O–H groups in total. The second-order valence-corrected chi connectivity index (χ2v) is 4.41. The number of methoxy groups -OCH3 is 1. The van der Waals surface area contributed by atoms with Crippen molar-refractivity contribution < 1.29 is 13.9 Å². The summed E-state index contributed by atoms with van der Waals surface area (Å²) in [5.41, 5.74) is 0.0881. The molecule has 1 heterocycles. The zero-order valence-corrected chi connectivity index (χ0v) is 10.6. The molecule has 0 radical (unpaired) electrons. The maximum absolute atomic E-state index is 13.8. The minimum Gasteiger partial charge on any atom is -0.497 e. The average molecular weight is 252 g/mol. The van der Waals surface area contributed by atoms with Crippen LogP contribution in [-0.2, 0) is 0 Å². The first-order chi connectivity index (χ1) is 8.63. The van der Waals surface area contributed by atoms with Gasteiger partial charge in [-0.25, -0.2) is 4.39 Å². The van der Waals surface area contributed by atoms with E-state index in [0.29, 0.717) is 5.75 Å². The fourth-order valence-corrected chi connectivity index (χ4v) is 2.12. The van der Waals surface area contributed by atoms with Crippen LogP contribution in [0.3, 0.4) is 0 Å². The van der Waals surface area contributed by atoms with E-state index in [1.807, 2.05) is 0 Å². The fraction of sp³-hybridized carbons (Fsp3) is 0.462. The lowest BCUT2D eigenvalue weighted by molar-refractivity contribution is 0.0739. The van der Waals surface area contributed by atoms with E-state index < -0.39 is 5.82 Å². The molecule has 4 nitrogen and oxygen atoms in total. The van der Waals surface area contributed by atoms with Gasteiger partial charge in [-0.15, -0.1) is 0 Å². The molecule has 0 bridgehead atoms. The van der Waals surface area contributed by atoms with Crippen molar-refractivity contribution in [1.29, 1.82) is 0 Å². The van der Waals surface area contributed by atoms with Gasteiger partial charge in [0.05, 0.1) is 12.7 Å². The number of likely N-dealkylation sites (N-methyl/N-ethyl adjacent to an activating group) is 1. The van der Waals surface area contributed by atoms with Crippen molar-refractivity contribution >= 4 is 5.91 Å². The van der Waals surface area contributed by atoms with Crippen LogP contribution in [0.1, 0.15) is 16.8 Å². The topological polar surface area (TPSA) is 41.6 Å². The molecule has 18 heavy (non-hydrogen) atoms. The van der Waals surface area contributed by atoms with Crippen molar-refractivity contribution in [3.8, 4) is 5.75 Å². The average Bonchev–Trinajstić information content (AvgIpc) is 2.90. The van der Waals surface area contributed by atoms with Crippen molar-refractivity contribution in [3.05, 3.63) is 29.6 Å². The highest BCUT2D eigenvalue weighted by Crippen LogP contribution is 2.19. The second-order valence-electron chi connectivity index (χ2n) is 4.41. The first kappa shape index (κ1) is 12.8. The lowest BCUT2D eigenvalue weighted by atomic mass is 10.1. The minimum atomic E-state index is -0.544. The Morgan fingerprint density at radius 3 is 2.89 bits per heavy atom. The van der Waals surface area contributed by atoms with Crippen molar-refractivity contribution in [1.82, 2.24) is 10.2 Å². The van der Waals surface area contributed by atoms with Crippen molar-refractivity contribution in [2.24, 2.45) is 0 Å². The zero-order valence-electron chi connectivity index (χ0n) is 10.6. The zero-order chi connectivity index (χ0) is 13.1. The van der Waals surface area contributed by atoms with E-state index >= 15 is 0 Å². The van der Waals surface area contributed by atoms with Gasteiger partial charge in [0.2, 0.25) is 0 Å². The Kier molecular flexibility index (Phi) is 3.81. The van der Waals surface area contributed by atoms with Crippen LogP contribution in [0.5, 0.6) is 5.75 Å². The number of hydrogen-bond donors (Lipinski definition) is 1. The molecule has 0 saturated carbocycles. The van der Waals surface area contributed by atoms with Gasteiger partial charge in [0.15, 0.2) is 0 Å². The maximum Gasteiger partial charge on any atom is 0.256 e. The molecule has 5 heteroatoms. The van der Waals surface area contributed by atoms with E-state index in [-0.39, 0.29) is 17.5 Å². The summed E-state index contributed by atoms with van der Waals surface area (Å²) in [5, 5.41) is 3.18. The molecule has 1 unspecified atom stereocenters. The number of hydrogen-bond acceptors (Lipinski definition) is 3. The third kappa shape index (κ3) is 2.46. The standard InChI is InChI=1S/C13H17FN2O2/c1-16(9-5-6-15-8-9)13(17)11-4-3-10(18-2)7-12(11)14/h3-4,7,9,15H,5-6,8H2,1-2H3. The number of carbonyl (C=O) groups is 1. The fourth-order valence-electron chi connectivity index (χ4n) is 2.12. The Balaban J connectivity index is 2.17. The van der Waals surface area contributed by atoms with Crippen molar-refractivity contribution in [2.45, 2.75) is 12.5 Å². The monoisotopic (exact) mass is 252 g/mol. The summed E-state index contributed by atoms with van der Waals surface area (Å²) in [5.74, 6) is -0.421. The summed E-state index contributed by atoms with van der Waals surface area (Å²) in [7, 11) is 3.18. The van der Waals surface area contributed by atoms with Crippen molar-refractivity contribution in [3.63, 3.8) is 0 Å².